The van der Waals surface area contributed by atoms with Gasteiger partial charge in [0.25, 0.3) is 11.5 Å². The molecule has 0 aliphatic heterocycles. The molecule has 4 rings (SSSR count). The molecule has 0 atom stereocenters. The predicted octanol–water partition coefficient (Wildman–Crippen LogP) is 4.43. The quantitative estimate of drug-likeness (QED) is 0.463. The second kappa shape index (κ2) is 10.8. The highest BCUT2D eigenvalue weighted by Gasteiger charge is 2.34. The number of amides is 2. The van der Waals surface area contributed by atoms with Gasteiger partial charge in [-0.3, -0.25) is 14.4 Å². The zero-order valence-electron chi connectivity index (χ0n) is 23.4. The summed E-state index contributed by atoms with van der Waals surface area (Å²) in [6.07, 6.45) is 1.81. The van der Waals surface area contributed by atoms with Crippen LogP contribution in [0.15, 0.2) is 35.1 Å². The van der Waals surface area contributed by atoms with Gasteiger partial charge in [0.1, 0.15) is 5.82 Å². The van der Waals surface area contributed by atoms with Crippen molar-refractivity contribution in [2.45, 2.75) is 54.0 Å². The molecule has 1 saturated carbocycles. The van der Waals surface area contributed by atoms with Gasteiger partial charge in [-0.05, 0) is 94.5 Å². The van der Waals surface area contributed by atoms with Crippen LogP contribution in [-0.4, -0.2) is 42.4 Å². The number of anilines is 2. The van der Waals surface area contributed by atoms with Gasteiger partial charge in [0, 0.05) is 66.9 Å². The maximum absolute atomic E-state index is 13.6. The van der Waals surface area contributed by atoms with E-state index in [2.05, 4.69) is 10.3 Å². The fraction of sp³-hybridized carbons (Fsp3) is 0.400. The van der Waals surface area contributed by atoms with Crippen LogP contribution in [0.3, 0.4) is 0 Å². The van der Waals surface area contributed by atoms with Gasteiger partial charge in [0.15, 0.2) is 0 Å². The second-order valence-corrected chi connectivity index (χ2v) is 10.3. The predicted molar refractivity (Wildman–Crippen MR) is 152 cm³/mol. The van der Waals surface area contributed by atoms with Crippen LogP contribution in [-0.2, 0) is 11.3 Å². The van der Waals surface area contributed by atoms with Crippen molar-refractivity contribution in [3.8, 4) is 11.1 Å². The molecule has 1 fully saturated rings. The number of aromatic nitrogens is 2. The fourth-order valence-corrected chi connectivity index (χ4v) is 4.83. The molecule has 8 nitrogen and oxygen atoms in total. The molecule has 0 spiro atoms. The molecule has 3 aromatic rings. The van der Waals surface area contributed by atoms with E-state index in [9.17, 15) is 14.4 Å². The molecule has 2 aromatic heterocycles. The normalized spacial score (nSPS) is 12.8. The average molecular weight is 516 g/mol. The van der Waals surface area contributed by atoms with E-state index in [1.165, 1.54) is 0 Å². The Morgan fingerprint density at radius 1 is 1.08 bits per heavy atom. The number of rotatable bonds is 8. The molecule has 2 heterocycles. The SMILES string of the molecule is CCN(C(=O)C1CC1)c1cc(-c2ccc(N(C)C)nc2C)cc(C(=O)NCc2c(C)cc(C)[nH]c2=O)c1C. The summed E-state index contributed by atoms with van der Waals surface area (Å²) >= 11 is 0. The van der Waals surface area contributed by atoms with Crippen LogP contribution in [0.25, 0.3) is 11.1 Å². The molecule has 1 aliphatic rings. The van der Waals surface area contributed by atoms with Crippen LogP contribution in [0, 0.1) is 33.6 Å². The van der Waals surface area contributed by atoms with Crippen molar-refractivity contribution < 1.29 is 9.59 Å². The molecule has 200 valence electrons. The van der Waals surface area contributed by atoms with E-state index in [0.29, 0.717) is 17.7 Å². The molecular weight excluding hydrogens is 478 g/mol. The van der Waals surface area contributed by atoms with Crippen molar-refractivity contribution in [2.24, 2.45) is 5.92 Å². The summed E-state index contributed by atoms with van der Waals surface area (Å²) in [5.74, 6) is 0.692. The van der Waals surface area contributed by atoms with Gasteiger partial charge in [-0.2, -0.15) is 0 Å². The second-order valence-electron chi connectivity index (χ2n) is 10.3. The van der Waals surface area contributed by atoms with Crippen molar-refractivity contribution >= 4 is 23.3 Å². The van der Waals surface area contributed by atoms with Crippen molar-refractivity contribution in [3.05, 3.63) is 74.3 Å². The Morgan fingerprint density at radius 3 is 2.37 bits per heavy atom. The number of benzene rings is 1. The van der Waals surface area contributed by atoms with E-state index in [0.717, 1.165) is 58.0 Å². The maximum atomic E-state index is 13.6. The maximum Gasteiger partial charge on any atom is 0.253 e. The number of aryl methyl sites for hydroxylation is 3. The molecule has 2 amide bonds. The minimum atomic E-state index is -0.296. The number of hydrogen-bond donors (Lipinski definition) is 2. The van der Waals surface area contributed by atoms with Crippen molar-refractivity contribution in [3.63, 3.8) is 0 Å². The number of carbonyl (C=O) groups excluding carboxylic acids is 2. The van der Waals surface area contributed by atoms with Gasteiger partial charge in [0.2, 0.25) is 5.91 Å². The number of H-pyrrole nitrogens is 1. The third-order valence-corrected chi connectivity index (χ3v) is 7.18. The van der Waals surface area contributed by atoms with Crippen molar-refractivity contribution in [2.75, 3.05) is 30.4 Å². The molecule has 8 heteroatoms. The van der Waals surface area contributed by atoms with Crippen LogP contribution in [0.4, 0.5) is 11.5 Å². The summed E-state index contributed by atoms with van der Waals surface area (Å²) in [6, 6.07) is 9.69. The first-order valence-corrected chi connectivity index (χ1v) is 13.1. The Balaban J connectivity index is 1.78. The third-order valence-electron chi connectivity index (χ3n) is 7.18. The largest absolute Gasteiger partial charge is 0.363 e. The highest BCUT2D eigenvalue weighted by atomic mass is 16.2. The van der Waals surface area contributed by atoms with Gasteiger partial charge in [-0.25, -0.2) is 4.98 Å². The number of nitrogens with zero attached hydrogens (tertiary/aromatic N) is 3. The van der Waals surface area contributed by atoms with Gasteiger partial charge < -0.3 is 20.1 Å². The Kier molecular flexibility index (Phi) is 7.71. The van der Waals surface area contributed by atoms with Gasteiger partial charge in [0.05, 0.1) is 0 Å². The monoisotopic (exact) mass is 515 g/mol. The van der Waals surface area contributed by atoms with Crippen molar-refractivity contribution in [1.29, 1.82) is 0 Å². The van der Waals surface area contributed by atoms with E-state index >= 15 is 0 Å². The van der Waals surface area contributed by atoms with Gasteiger partial charge in [-0.1, -0.05) is 0 Å². The molecule has 0 radical (unpaired) electrons. The molecular formula is C30H37N5O3. The van der Waals surface area contributed by atoms with E-state index in [4.69, 9.17) is 4.98 Å². The first kappa shape index (κ1) is 27.1. The Hall–Kier alpha value is -3.94. The molecule has 0 saturated heterocycles. The van der Waals surface area contributed by atoms with E-state index in [-0.39, 0.29) is 29.8 Å². The lowest BCUT2D eigenvalue weighted by Gasteiger charge is -2.26. The lowest BCUT2D eigenvalue weighted by Crippen LogP contribution is -2.33. The van der Waals surface area contributed by atoms with Crippen molar-refractivity contribution in [1.82, 2.24) is 15.3 Å². The summed E-state index contributed by atoms with van der Waals surface area (Å²) < 4.78 is 0. The Labute approximate surface area is 224 Å². The first-order chi connectivity index (χ1) is 18.0. The van der Waals surface area contributed by atoms with Crippen LogP contribution >= 0.6 is 0 Å². The molecule has 0 bridgehead atoms. The van der Waals surface area contributed by atoms with Gasteiger partial charge in [-0.15, -0.1) is 0 Å². The van der Waals surface area contributed by atoms with E-state index in [1.807, 2.05) is 83.9 Å². The number of hydrogen-bond acceptors (Lipinski definition) is 5. The number of carbonyl (C=O) groups is 2. The lowest BCUT2D eigenvalue weighted by molar-refractivity contribution is -0.119. The zero-order chi connectivity index (χ0) is 27.7. The highest BCUT2D eigenvalue weighted by molar-refractivity contribution is 6.03. The average Bonchev–Trinajstić information content (AvgIpc) is 3.70. The lowest BCUT2D eigenvalue weighted by atomic mass is 9.95. The minimum absolute atomic E-state index is 0.0503. The smallest absolute Gasteiger partial charge is 0.253 e. The van der Waals surface area contributed by atoms with Crippen LogP contribution < -0.4 is 20.7 Å². The van der Waals surface area contributed by atoms with Crippen LogP contribution in [0.2, 0.25) is 0 Å². The highest BCUT2D eigenvalue weighted by Crippen LogP contribution is 2.37. The molecule has 0 unspecified atom stereocenters. The van der Waals surface area contributed by atoms with Crippen LogP contribution in [0.5, 0.6) is 0 Å². The molecule has 2 N–H and O–H groups in total. The Morgan fingerprint density at radius 2 is 1.79 bits per heavy atom. The summed E-state index contributed by atoms with van der Waals surface area (Å²) in [4.78, 5) is 50.5. The van der Waals surface area contributed by atoms with Crippen LogP contribution in [0.1, 0.15) is 58.2 Å². The first-order valence-electron chi connectivity index (χ1n) is 13.1. The molecule has 1 aliphatic carbocycles. The zero-order valence-corrected chi connectivity index (χ0v) is 23.4. The number of nitrogens with one attached hydrogen (secondary N) is 2. The molecule has 1 aromatic carbocycles. The van der Waals surface area contributed by atoms with E-state index in [1.54, 1.807) is 4.90 Å². The topological polar surface area (TPSA) is 98.4 Å². The Bertz CT molecular complexity index is 1450. The standard InChI is InChI=1S/C30H37N5O3/c1-8-35(30(38)21-9-10-21)26-15-22(23-11-12-27(34(6)7)33-20(23)5)14-24(19(26)4)28(36)31-16-25-17(2)13-18(3)32-29(25)37/h11-15,21H,8-10,16H2,1-7H3,(H,31,36)(H,32,37). The third kappa shape index (κ3) is 5.49. The number of aromatic amines is 1. The summed E-state index contributed by atoms with van der Waals surface area (Å²) in [5.41, 5.74) is 6.39. The minimum Gasteiger partial charge on any atom is -0.363 e. The molecule has 38 heavy (non-hydrogen) atoms. The summed E-state index contributed by atoms with van der Waals surface area (Å²) in [6.45, 7) is 10.1. The van der Waals surface area contributed by atoms with E-state index < -0.39 is 0 Å². The summed E-state index contributed by atoms with van der Waals surface area (Å²) in [7, 11) is 3.88. The van der Waals surface area contributed by atoms with Gasteiger partial charge >= 0.3 is 0 Å². The summed E-state index contributed by atoms with van der Waals surface area (Å²) in [5, 5.41) is 2.94. The fourth-order valence-electron chi connectivity index (χ4n) is 4.83. The number of pyridine rings is 2.